The molecule has 150 valence electrons. The summed E-state index contributed by atoms with van der Waals surface area (Å²) in [6, 6.07) is 2.95. The van der Waals surface area contributed by atoms with Gasteiger partial charge in [0.05, 0.1) is 0 Å². The molecule has 0 radical (unpaired) electrons. The van der Waals surface area contributed by atoms with E-state index in [1.165, 1.54) is 0 Å². The van der Waals surface area contributed by atoms with Crippen LogP contribution < -0.4 is 5.32 Å². The lowest BCUT2D eigenvalue weighted by molar-refractivity contribution is -0.145. The van der Waals surface area contributed by atoms with E-state index in [0.717, 1.165) is 45.8 Å². The molecule has 1 aromatic rings. The molecule has 2 aliphatic rings. The second-order valence-electron chi connectivity index (χ2n) is 8.00. The van der Waals surface area contributed by atoms with Gasteiger partial charge in [0.15, 0.2) is 0 Å². The van der Waals surface area contributed by atoms with Crippen molar-refractivity contribution in [2.45, 2.75) is 59.4 Å². The first-order chi connectivity index (χ1) is 13.2. The highest BCUT2D eigenvalue weighted by atomic mass is 16.2. The van der Waals surface area contributed by atoms with Gasteiger partial charge in [-0.3, -0.25) is 19.3 Å². The number of hydrogen-bond donors (Lipinski definition) is 1. The van der Waals surface area contributed by atoms with Gasteiger partial charge in [-0.1, -0.05) is 37.5 Å². The quantitative estimate of drug-likeness (QED) is 0.638. The van der Waals surface area contributed by atoms with E-state index in [1.54, 1.807) is 0 Å². The molecule has 0 bridgehead atoms. The van der Waals surface area contributed by atoms with Gasteiger partial charge >= 0.3 is 17.8 Å². The van der Waals surface area contributed by atoms with Crippen LogP contribution in [-0.2, 0) is 14.4 Å². The molecule has 1 saturated heterocycles. The topological polar surface area (TPSA) is 86.8 Å². The molecule has 7 nitrogen and oxygen atoms in total. The number of rotatable bonds is 4. The maximum atomic E-state index is 12.8. The monoisotopic (exact) mass is 385 g/mol. The number of imide groups is 2. The number of hydrogen-bond acceptors (Lipinski definition) is 4. The molecule has 0 aromatic heterocycles. The molecule has 1 aromatic carbocycles. The largest absolute Gasteiger partial charge is 0.334 e. The number of benzene rings is 1. The van der Waals surface area contributed by atoms with Crippen LogP contribution in [0, 0.1) is 26.7 Å². The summed E-state index contributed by atoms with van der Waals surface area (Å²) in [5.74, 6) is -2.08. The molecule has 5 amide bonds. The van der Waals surface area contributed by atoms with Crippen molar-refractivity contribution in [1.29, 1.82) is 0 Å². The fraction of sp³-hybridized carbons (Fsp3) is 0.524. The zero-order valence-corrected chi connectivity index (χ0v) is 16.9. The average molecular weight is 385 g/mol. The summed E-state index contributed by atoms with van der Waals surface area (Å²) >= 11 is 0. The summed E-state index contributed by atoms with van der Waals surface area (Å²) in [7, 11) is 0. The molecule has 28 heavy (non-hydrogen) atoms. The van der Waals surface area contributed by atoms with Gasteiger partial charge in [-0.2, -0.15) is 0 Å². The van der Waals surface area contributed by atoms with Gasteiger partial charge in [-0.15, -0.1) is 0 Å². The molecule has 1 aliphatic heterocycles. The number of anilines is 1. The van der Waals surface area contributed by atoms with E-state index < -0.39 is 30.3 Å². The van der Waals surface area contributed by atoms with Crippen LogP contribution in [0.15, 0.2) is 12.1 Å². The van der Waals surface area contributed by atoms with E-state index in [9.17, 15) is 19.2 Å². The first-order valence-corrected chi connectivity index (χ1v) is 9.77. The van der Waals surface area contributed by atoms with Gasteiger partial charge in [0.1, 0.15) is 6.54 Å². The van der Waals surface area contributed by atoms with E-state index in [1.807, 2.05) is 39.8 Å². The molecule has 1 aliphatic carbocycles. The minimum absolute atomic E-state index is 0.154. The Morgan fingerprint density at radius 3 is 2.25 bits per heavy atom. The minimum atomic E-state index is -0.921. The van der Waals surface area contributed by atoms with Crippen LogP contribution in [0.1, 0.15) is 49.3 Å². The Morgan fingerprint density at radius 2 is 1.64 bits per heavy atom. The van der Waals surface area contributed by atoms with Gasteiger partial charge in [0, 0.05) is 11.7 Å². The molecular formula is C21H27N3O4. The second kappa shape index (κ2) is 7.73. The fourth-order valence-corrected chi connectivity index (χ4v) is 4.33. The highest BCUT2D eigenvalue weighted by Gasteiger charge is 2.49. The first kappa shape index (κ1) is 20.0. The molecule has 2 atom stereocenters. The van der Waals surface area contributed by atoms with Crippen LogP contribution in [0.25, 0.3) is 0 Å². The van der Waals surface area contributed by atoms with E-state index in [4.69, 9.17) is 0 Å². The average Bonchev–Trinajstić information content (AvgIpc) is 2.82. The van der Waals surface area contributed by atoms with E-state index in [0.29, 0.717) is 12.1 Å². The Hall–Kier alpha value is -2.70. The number of aryl methyl sites for hydroxylation is 3. The Morgan fingerprint density at radius 1 is 1.04 bits per heavy atom. The number of nitrogens with zero attached hydrogens (tertiary/aromatic N) is 2. The molecular weight excluding hydrogens is 358 g/mol. The lowest BCUT2D eigenvalue weighted by Crippen LogP contribution is -2.46. The van der Waals surface area contributed by atoms with Crippen LogP contribution in [0.3, 0.4) is 0 Å². The number of amides is 5. The van der Waals surface area contributed by atoms with Crippen molar-refractivity contribution in [3.8, 4) is 0 Å². The molecule has 1 heterocycles. The summed E-state index contributed by atoms with van der Waals surface area (Å²) < 4.78 is 0. The molecule has 1 saturated carbocycles. The molecule has 0 spiro atoms. The van der Waals surface area contributed by atoms with Gasteiger partial charge < -0.3 is 5.32 Å². The molecule has 0 unspecified atom stereocenters. The lowest BCUT2D eigenvalue weighted by atomic mass is 9.85. The Balaban J connectivity index is 1.73. The van der Waals surface area contributed by atoms with Gasteiger partial charge in [-0.05, 0) is 50.7 Å². The number of urea groups is 1. The smallest absolute Gasteiger partial charge is 0.324 e. The van der Waals surface area contributed by atoms with Crippen molar-refractivity contribution >= 4 is 29.4 Å². The normalized spacial score (nSPS) is 22.8. The first-order valence-electron chi connectivity index (χ1n) is 9.77. The zero-order valence-electron chi connectivity index (χ0n) is 16.9. The number of nitrogens with one attached hydrogen (secondary N) is 1. The Labute approximate surface area is 165 Å². The zero-order chi connectivity index (χ0) is 20.6. The van der Waals surface area contributed by atoms with E-state index >= 15 is 0 Å². The Kier molecular flexibility index (Phi) is 5.54. The summed E-state index contributed by atoms with van der Waals surface area (Å²) in [6.45, 7) is 7.27. The number of carbonyl (C=O) groups is 4. The molecule has 7 heteroatoms. The van der Waals surface area contributed by atoms with E-state index in [-0.39, 0.29) is 12.0 Å². The molecule has 1 N–H and O–H groups in total. The van der Waals surface area contributed by atoms with Crippen molar-refractivity contribution < 1.29 is 19.2 Å². The van der Waals surface area contributed by atoms with Gasteiger partial charge in [-0.25, -0.2) is 9.69 Å². The highest BCUT2D eigenvalue weighted by molar-refractivity contribution is 6.45. The lowest BCUT2D eigenvalue weighted by Gasteiger charge is -2.34. The number of carbonyl (C=O) groups excluding carboxylic acids is 4. The maximum absolute atomic E-state index is 12.8. The molecule has 3 rings (SSSR count). The van der Waals surface area contributed by atoms with Crippen LogP contribution in [0.2, 0.25) is 0 Å². The standard InChI is InChI=1S/C21H27N3O4/c1-12-9-14(3)18(15(4)10-12)22-17(25)11-23-19(26)20(27)24(21(23)28)16-8-6-5-7-13(16)2/h9-10,13,16H,5-8,11H2,1-4H3,(H,22,25)/t13-,16+/m0/s1. The van der Waals surface area contributed by atoms with E-state index in [2.05, 4.69) is 5.32 Å². The maximum Gasteiger partial charge on any atom is 0.334 e. The SMILES string of the molecule is Cc1cc(C)c(NC(=O)CN2C(=O)C(=O)N([C@@H]3CCCC[C@@H]3C)C2=O)c(C)c1. The third kappa shape index (κ3) is 3.66. The van der Waals surface area contributed by atoms with Crippen molar-refractivity contribution in [3.63, 3.8) is 0 Å². The van der Waals surface area contributed by atoms with Crippen molar-refractivity contribution in [1.82, 2.24) is 9.80 Å². The molecule has 2 fully saturated rings. The highest BCUT2D eigenvalue weighted by Crippen LogP contribution is 2.31. The summed E-state index contributed by atoms with van der Waals surface area (Å²) in [4.78, 5) is 51.9. The fourth-order valence-electron chi connectivity index (χ4n) is 4.33. The Bertz CT molecular complexity index is 825. The van der Waals surface area contributed by atoms with Crippen LogP contribution >= 0.6 is 0 Å². The summed E-state index contributed by atoms with van der Waals surface area (Å²) in [6.07, 6.45) is 3.60. The predicted molar refractivity (Wildman–Crippen MR) is 105 cm³/mol. The van der Waals surface area contributed by atoms with Crippen LogP contribution in [0.5, 0.6) is 0 Å². The van der Waals surface area contributed by atoms with Gasteiger partial charge in [0.25, 0.3) is 0 Å². The van der Waals surface area contributed by atoms with Crippen LogP contribution in [0.4, 0.5) is 10.5 Å². The van der Waals surface area contributed by atoms with Crippen molar-refractivity contribution in [2.75, 3.05) is 11.9 Å². The van der Waals surface area contributed by atoms with Crippen molar-refractivity contribution in [2.24, 2.45) is 5.92 Å². The summed E-state index contributed by atoms with van der Waals surface area (Å²) in [5, 5.41) is 2.78. The van der Waals surface area contributed by atoms with Gasteiger partial charge in [0.2, 0.25) is 5.91 Å². The summed E-state index contributed by atoms with van der Waals surface area (Å²) in [5.41, 5.74) is 3.55. The van der Waals surface area contributed by atoms with Crippen LogP contribution in [-0.4, -0.2) is 46.1 Å². The third-order valence-electron chi connectivity index (χ3n) is 5.72. The second-order valence-corrected chi connectivity index (χ2v) is 8.00. The minimum Gasteiger partial charge on any atom is -0.324 e. The predicted octanol–water partition coefficient (Wildman–Crippen LogP) is 2.92. The third-order valence-corrected chi connectivity index (χ3v) is 5.72. The van der Waals surface area contributed by atoms with Crippen molar-refractivity contribution in [3.05, 3.63) is 28.8 Å².